The molecule has 4 heterocycles. The normalized spacial score (nSPS) is 16.2. The van der Waals surface area contributed by atoms with Crippen molar-refractivity contribution in [2.24, 2.45) is 5.73 Å². The second kappa shape index (κ2) is 21.9. The maximum Gasteiger partial charge on any atom is 0.412 e. The van der Waals surface area contributed by atoms with Crippen LogP contribution in [-0.2, 0) is 40.0 Å². The fraction of sp³-hybridized carbons (Fsp3) is 0.457. The number of hydrogen-bond donors (Lipinski definition) is 2. The second-order valence-corrected chi connectivity index (χ2v) is 16.2. The van der Waals surface area contributed by atoms with E-state index in [1.54, 1.807) is 68.4 Å². The molecule has 4 aromatic rings. The highest BCUT2D eigenvalue weighted by Crippen LogP contribution is 2.33. The van der Waals surface area contributed by atoms with Gasteiger partial charge in [0.25, 0.3) is 5.76 Å². The molecule has 0 radical (unpaired) electrons. The van der Waals surface area contributed by atoms with Crippen LogP contribution in [0, 0.1) is 11.6 Å². The highest BCUT2D eigenvalue weighted by Gasteiger charge is 2.45. The van der Waals surface area contributed by atoms with Gasteiger partial charge < -0.3 is 43.5 Å². The van der Waals surface area contributed by atoms with E-state index in [1.165, 1.54) is 57.7 Å². The molecule has 63 heavy (non-hydrogen) atoms. The van der Waals surface area contributed by atoms with Crippen LogP contribution in [-0.4, -0.2) is 84.3 Å². The molecule has 6 rings (SSSR count). The molecule has 2 aliphatic rings. The van der Waals surface area contributed by atoms with Gasteiger partial charge in [-0.1, -0.05) is 24.3 Å². The van der Waals surface area contributed by atoms with E-state index < -0.39 is 28.8 Å². The summed E-state index contributed by atoms with van der Waals surface area (Å²) in [7, 11) is 3.82. The minimum atomic E-state index is -0.828. The molecule has 2 aromatic carbocycles. The molecule has 0 bridgehead atoms. The van der Waals surface area contributed by atoms with Gasteiger partial charge in [0, 0.05) is 37.2 Å². The molecule has 2 atom stereocenters. The molecule has 1 amide bonds. The van der Waals surface area contributed by atoms with Gasteiger partial charge in [0.1, 0.15) is 34.4 Å². The number of aliphatic hydroxyl groups excluding tert-OH is 1. The fourth-order valence-electron chi connectivity index (χ4n) is 7.15. The first kappa shape index (κ1) is 49.7. The molecule has 1 fully saturated rings. The first-order valence-corrected chi connectivity index (χ1v) is 20.4. The first-order chi connectivity index (χ1) is 29.8. The van der Waals surface area contributed by atoms with Gasteiger partial charge in [-0.3, -0.25) is 19.3 Å². The monoisotopic (exact) mass is 881 g/mol. The minimum absolute atomic E-state index is 0.0215. The van der Waals surface area contributed by atoms with Crippen LogP contribution >= 0.6 is 0 Å². The summed E-state index contributed by atoms with van der Waals surface area (Å²) in [4.78, 5) is 63.5. The summed E-state index contributed by atoms with van der Waals surface area (Å²) in [6.45, 7) is 9.66. The third-order valence-corrected chi connectivity index (χ3v) is 10.2. The van der Waals surface area contributed by atoms with Crippen molar-refractivity contribution in [1.82, 2.24) is 9.47 Å². The topological polar surface area (TPSA) is 199 Å². The van der Waals surface area contributed by atoms with Crippen LogP contribution in [0.3, 0.4) is 0 Å². The number of aryl methyl sites for hydroxylation is 3. The number of rotatable bonds is 12. The quantitative estimate of drug-likeness (QED) is 0.119. The number of pyridine rings is 1. The van der Waals surface area contributed by atoms with Gasteiger partial charge in [0.2, 0.25) is 16.6 Å². The van der Waals surface area contributed by atoms with E-state index in [4.69, 9.17) is 29.1 Å². The zero-order chi connectivity index (χ0) is 46.6. The lowest BCUT2D eigenvalue weighted by Crippen LogP contribution is -2.49. The Balaban J connectivity index is 0.000000232. The second-order valence-electron chi connectivity index (χ2n) is 16.2. The number of nitrogens with zero attached hydrogens (tertiary/aromatic N) is 2. The Morgan fingerprint density at radius 1 is 0.873 bits per heavy atom. The molecule has 15 nitrogen and oxygen atoms in total. The van der Waals surface area contributed by atoms with Gasteiger partial charge in [-0.15, -0.1) is 0 Å². The summed E-state index contributed by atoms with van der Waals surface area (Å²) in [6, 6.07) is 14.4. The van der Waals surface area contributed by atoms with Gasteiger partial charge in [0.15, 0.2) is 11.5 Å². The first-order valence-electron chi connectivity index (χ1n) is 20.4. The SMILES string of the molecule is COC(=O)c1oc(CCC2COC(C)(C)N2C(=O)OC(C)(C)C)cc(=O)c1OC.COc1c(C(=O)CCc2ccc(F)cc2)n2c(cc1=O)CCC2CO.NCc1ccc(F)cc1. The van der Waals surface area contributed by atoms with E-state index in [0.29, 0.717) is 45.3 Å². The Bertz CT molecular complexity index is 2320. The number of methoxy groups -OCH3 is 3. The van der Waals surface area contributed by atoms with E-state index in [1.807, 2.05) is 0 Å². The maximum atomic E-state index is 13.0. The van der Waals surface area contributed by atoms with E-state index in [2.05, 4.69) is 4.74 Å². The summed E-state index contributed by atoms with van der Waals surface area (Å²) in [6.07, 6.45) is 2.19. The van der Waals surface area contributed by atoms with Crippen molar-refractivity contribution in [3.05, 3.63) is 127 Å². The van der Waals surface area contributed by atoms with Crippen LogP contribution in [0.25, 0.3) is 0 Å². The standard InChI is InChI=1S/C20H29NO8.C19H20FNO4.C7H8FN/c1-19(2,3)29-18(24)21-12(11-27-20(21,4)5)8-9-13-10-14(22)15(25-6)16(28-13)17(23)26-7;1-25-19-17(24)10-14-7-8-15(11-22)21(14)18(19)16(23)9-4-12-2-5-13(20)6-3-12;8-7-3-1-6(5-9)2-4-7/h10,12H,8-9,11H2,1-7H3;2-3,5-6,10,15,22H,4,7-9,11H2,1H3;1-4H,5,9H2. The van der Waals surface area contributed by atoms with E-state index in [-0.39, 0.29) is 76.7 Å². The zero-order valence-electron chi connectivity index (χ0n) is 37.0. The Morgan fingerprint density at radius 2 is 1.46 bits per heavy atom. The number of aromatic nitrogens is 1. The Hall–Kier alpha value is -5.91. The summed E-state index contributed by atoms with van der Waals surface area (Å²) in [5.41, 5.74) is 5.77. The number of Topliss-reactive ketones (excluding diaryl/α,β-unsaturated/α-hetero) is 1. The van der Waals surface area contributed by atoms with Crippen molar-refractivity contribution >= 4 is 17.8 Å². The lowest BCUT2D eigenvalue weighted by molar-refractivity contribution is -0.0627. The predicted octanol–water partition coefficient (Wildman–Crippen LogP) is 6.32. The van der Waals surface area contributed by atoms with Crippen LogP contribution < -0.4 is 26.1 Å². The van der Waals surface area contributed by atoms with Crippen molar-refractivity contribution in [2.75, 3.05) is 34.5 Å². The summed E-state index contributed by atoms with van der Waals surface area (Å²) >= 11 is 0. The molecule has 2 aliphatic heterocycles. The third kappa shape index (κ3) is 13.1. The summed E-state index contributed by atoms with van der Waals surface area (Å²) in [5, 5.41) is 9.60. The molecule has 3 N–H and O–H groups in total. The molecule has 342 valence electrons. The number of ketones is 1. The molecule has 1 saturated heterocycles. The van der Waals surface area contributed by atoms with Crippen LogP contribution in [0.5, 0.6) is 11.5 Å². The molecule has 0 saturated carbocycles. The highest BCUT2D eigenvalue weighted by atomic mass is 19.1. The number of halogens is 2. The Kier molecular flexibility index (Phi) is 17.3. The molecule has 2 unspecified atom stereocenters. The number of esters is 1. The fourth-order valence-corrected chi connectivity index (χ4v) is 7.15. The predicted molar refractivity (Wildman–Crippen MR) is 228 cm³/mol. The van der Waals surface area contributed by atoms with Gasteiger partial charge in [-0.2, -0.15) is 0 Å². The van der Waals surface area contributed by atoms with E-state index in [0.717, 1.165) is 16.8 Å². The number of benzene rings is 2. The number of amides is 1. The minimum Gasteiger partial charge on any atom is -0.491 e. The third-order valence-electron chi connectivity index (χ3n) is 10.2. The van der Waals surface area contributed by atoms with Crippen molar-refractivity contribution in [3.8, 4) is 11.5 Å². The van der Waals surface area contributed by atoms with Gasteiger partial charge in [-0.25, -0.2) is 18.4 Å². The molecule has 0 aliphatic carbocycles. The van der Waals surface area contributed by atoms with Crippen LogP contribution in [0.1, 0.15) is 104 Å². The number of carbonyl (C=O) groups excluding carboxylic acids is 3. The number of hydrogen-bond acceptors (Lipinski definition) is 13. The lowest BCUT2D eigenvalue weighted by atomic mass is 10.0. The molecule has 2 aromatic heterocycles. The number of nitrogens with two attached hydrogens (primary N) is 1. The lowest BCUT2D eigenvalue weighted by Gasteiger charge is -2.35. The summed E-state index contributed by atoms with van der Waals surface area (Å²) in [5.74, 6) is -1.76. The Morgan fingerprint density at radius 3 is 2.00 bits per heavy atom. The molecule has 17 heteroatoms. The average Bonchev–Trinajstić information content (AvgIpc) is 3.80. The zero-order valence-corrected chi connectivity index (χ0v) is 37.0. The van der Waals surface area contributed by atoms with Gasteiger partial charge in [0.05, 0.1) is 46.6 Å². The van der Waals surface area contributed by atoms with Crippen LogP contribution in [0.4, 0.5) is 13.6 Å². The number of fused-ring (bicyclic) bond motifs is 1. The Labute approximate surface area is 364 Å². The van der Waals surface area contributed by atoms with Crippen LogP contribution in [0.2, 0.25) is 0 Å². The summed E-state index contributed by atoms with van der Waals surface area (Å²) < 4.78 is 58.5. The highest BCUT2D eigenvalue weighted by molar-refractivity contribution is 5.97. The molecular weight excluding hydrogens is 825 g/mol. The maximum absolute atomic E-state index is 13.0. The van der Waals surface area contributed by atoms with Gasteiger partial charge >= 0.3 is 12.1 Å². The molecular formula is C46H57F2N3O12. The van der Waals surface area contributed by atoms with Gasteiger partial charge in [-0.05, 0) is 95.7 Å². The van der Waals surface area contributed by atoms with E-state index in [9.17, 15) is 37.9 Å². The van der Waals surface area contributed by atoms with Crippen LogP contribution in [0.15, 0.2) is 74.7 Å². The number of ether oxygens (including phenoxy) is 5. The number of carbonyl (C=O) groups is 3. The average molecular weight is 882 g/mol. The van der Waals surface area contributed by atoms with Crippen molar-refractivity contribution in [2.45, 2.75) is 103 Å². The van der Waals surface area contributed by atoms with Crippen molar-refractivity contribution < 1.29 is 56.4 Å². The van der Waals surface area contributed by atoms with Crippen molar-refractivity contribution in [3.63, 3.8) is 0 Å². The smallest absolute Gasteiger partial charge is 0.412 e. The molecule has 0 spiro atoms. The van der Waals surface area contributed by atoms with E-state index >= 15 is 0 Å². The van der Waals surface area contributed by atoms with Crippen molar-refractivity contribution in [1.29, 1.82) is 0 Å². The largest absolute Gasteiger partial charge is 0.491 e. The number of aliphatic hydroxyl groups is 1.